The summed E-state index contributed by atoms with van der Waals surface area (Å²) in [7, 11) is 0. The highest BCUT2D eigenvalue weighted by Crippen LogP contribution is 2.25. The first-order valence-electron chi connectivity index (χ1n) is 11.0. The van der Waals surface area contributed by atoms with Gasteiger partial charge in [-0.3, -0.25) is 4.90 Å². The van der Waals surface area contributed by atoms with Gasteiger partial charge in [0.2, 0.25) is 0 Å². The summed E-state index contributed by atoms with van der Waals surface area (Å²) in [5.74, 6) is -0.818. The van der Waals surface area contributed by atoms with Crippen molar-refractivity contribution in [2.24, 2.45) is 11.8 Å². The third-order valence-electron chi connectivity index (χ3n) is 6.32. The highest BCUT2D eigenvalue weighted by atomic mass is 32.1. The van der Waals surface area contributed by atoms with Gasteiger partial charge in [-0.2, -0.15) is 0 Å². The second-order valence-electron chi connectivity index (χ2n) is 8.59. The Balaban J connectivity index is 1.11. The van der Waals surface area contributed by atoms with Crippen molar-refractivity contribution in [3.8, 4) is 0 Å². The fourth-order valence-corrected chi connectivity index (χ4v) is 5.17. The number of halogens is 2. The van der Waals surface area contributed by atoms with Crippen LogP contribution in [0.5, 0.6) is 0 Å². The molecule has 0 aliphatic carbocycles. The van der Waals surface area contributed by atoms with E-state index in [9.17, 15) is 13.6 Å². The zero-order chi connectivity index (χ0) is 21.6. The number of nitrogens with zero attached hydrogens (tertiary/aromatic N) is 2. The molecule has 2 aliphatic heterocycles. The molecule has 2 amide bonds. The van der Waals surface area contributed by atoms with Crippen molar-refractivity contribution < 1.29 is 13.6 Å². The van der Waals surface area contributed by atoms with Crippen LogP contribution in [0.3, 0.4) is 0 Å². The van der Waals surface area contributed by atoms with Crippen molar-refractivity contribution in [3.63, 3.8) is 0 Å². The molecule has 0 radical (unpaired) electrons. The molecule has 2 saturated heterocycles. The summed E-state index contributed by atoms with van der Waals surface area (Å²) in [4.78, 5) is 18.1. The van der Waals surface area contributed by atoms with Crippen LogP contribution < -0.4 is 15.5 Å². The molecule has 4 rings (SSSR count). The van der Waals surface area contributed by atoms with Crippen LogP contribution in [-0.2, 0) is 6.54 Å². The number of piperidine rings is 1. The number of thiophene rings is 1. The van der Waals surface area contributed by atoms with E-state index >= 15 is 0 Å². The van der Waals surface area contributed by atoms with Gasteiger partial charge in [-0.05, 0) is 67.8 Å². The number of hydrogen-bond acceptors (Lipinski definition) is 4. The molecular formula is C23H30F2N4OS. The van der Waals surface area contributed by atoms with Crippen molar-refractivity contribution in [1.82, 2.24) is 15.5 Å². The van der Waals surface area contributed by atoms with E-state index in [0.29, 0.717) is 30.6 Å². The molecule has 168 valence electrons. The van der Waals surface area contributed by atoms with E-state index in [0.717, 1.165) is 58.1 Å². The van der Waals surface area contributed by atoms with E-state index in [2.05, 4.69) is 33.0 Å². The zero-order valence-electron chi connectivity index (χ0n) is 17.7. The number of rotatable bonds is 7. The molecule has 31 heavy (non-hydrogen) atoms. The van der Waals surface area contributed by atoms with E-state index in [4.69, 9.17) is 0 Å². The number of urea groups is 1. The van der Waals surface area contributed by atoms with Gasteiger partial charge in [-0.15, -0.1) is 11.3 Å². The average molecular weight is 449 g/mol. The molecule has 2 aliphatic rings. The molecule has 1 atom stereocenters. The molecule has 1 aromatic heterocycles. The molecule has 2 N–H and O–H groups in total. The Bertz CT molecular complexity index is 855. The fraction of sp³-hybridized carbons (Fsp3) is 0.522. The standard InChI is InChI=1S/C23H30F2N4OS/c24-21-4-3-19(12-22(21)25)29-10-7-18(15-29)14-27-23(30)26-13-17-5-8-28(9-6-17)16-20-2-1-11-31-20/h1-4,11-12,17-18H,5-10,13-16H2,(H2,26,27,30). The topological polar surface area (TPSA) is 47.6 Å². The molecule has 8 heteroatoms. The van der Waals surface area contributed by atoms with E-state index in [-0.39, 0.29) is 6.03 Å². The Morgan fingerprint density at radius 3 is 2.45 bits per heavy atom. The van der Waals surface area contributed by atoms with E-state index in [1.54, 1.807) is 17.4 Å². The predicted octanol–water partition coefficient (Wildman–Crippen LogP) is 4.06. The molecular weight excluding hydrogens is 418 g/mol. The zero-order valence-corrected chi connectivity index (χ0v) is 18.5. The molecule has 3 heterocycles. The Kier molecular flexibility index (Phi) is 7.40. The molecule has 2 fully saturated rings. The Morgan fingerprint density at radius 2 is 1.74 bits per heavy atom. The minimum atomic E-state index is -0.828. The van der Waals surface area contributed by atoms with Crippen LogP contribution in [-0.4, -0.2) is 50.2 Å². The van der Waals surface area contributed by atoms with Gasteiger partial charge < -0.3 is 15.5 Å². The summed E-state index contributed by atoms with van der Waals surface area (Å²) >= 11 is 1.81. The minimum absolute atomic E-state index is 0.118. The summed E-state index contributed by atoms with van der Waals surface area (Å²) in [6.07, 6.45) is 3.14. The third-order valence-corrected chi connectivity index (χ3v) is 7.18. The summed E-state index contributed by atoms with van der Waals surface area (Å²) in [6, 6.07) is 8.17. The van der Waals surface area contributed by atoms with Crippen LogP contribution in [0.15, 0.2) is 35.7 Å². The quantitative estimate of drug-likeness (QED) is 0.672. The molecule has 2 aromatic rings. The van der Waals surface area contributed by atoms with Crippen molar-refractivity contribution in [2.75, 3.05) is 44.2 Å². The van der Waals surface area contributed by atoms with Crippen LogP contribution >= 0.6 is 11.3 Å². The number of hydrogen-bond donors (Lipinski definition) is 2. The monoisotopic (exact) mass is 448 g/mol. The molecule has 0 bridgehead atoms. The Morgan fingerprint density at radius 1 is 1.00 bits per heavy atom. The van der Waals surface area contributed by atoms with Crippen LogP contribution in [0.1, 0.15) is 24.1 Å². The molecule has 0 saturated carbocycles. The minimum Gasteiger partial charge on any atom is -0.371 e. The number of likely N-dealkylation sites (tertiary alicyclic amines) is 1. The Hall–Kier alpha value is -2.19. The third kappa shape index (κ3) is 6.17. The number of benzene rings is 1. The molecule has 0 spiro atoms. The second-order valence-corrected chi connectivity index (χ2v) is 9.62. The van der Waals surface area contributed by atoms with Crippen molar-refractivity contribution >= 4 is 23.1 Å². The van der Waals surface area contributed by atoms with Gasteiger partial charge in [0, 0.05) is 49.4 Å². The molecule has 5 nitrogen and oxygen atoms in total. The van der Waals surface area contributed by atoms with Crippen LogP contribution in [0.2, 0.25) is 0 Å². The lowest BCUT2D eigenvalue weighted by atomic mass is 9.97. The van der Waals surface area contributed by atoms with Crippen LogP contribution in [0.25, 0.3) is 0 Å². The van der Waals surface area contributed by atoms with Gasteiger partial charge in [-0.25, -0.2) is 13.6 Å². The number of carbonyl (C=O) groups excluding carboxylic acids is 1. The average Bonchev–Trinajstić information content (AvgIpc) is 3.46. The van der Waals surface area contributed by atoms with Gasteiger partial charge in [0.25, 0.3) is 0 Å². The lowest BCUT2D eigenvalue weighted by molar-refractivity contribution is 0.176. The summed E-state index contributed by atoms with van der Waals surface area (Å²) in [6.45, 7) is 6.00. The van der Waals surface area contributed by atoms with E-state index < -0.39 is 11.6 Å². The second kappa shape index (κ2) is 10.4. The van der Waals surface area contributed by atoms with Crippen LogP contribution in [0, 0.1) is 23.5 Å². The normalized spacial score (nSPS) is 20.2. The maximum atomic E-state index is 13.5. The summed E-state index contributed by atoms with van der Waals surface area (Å²) in [5, 5.41) is 8.12. The van der Waals surface area contributed by atoms with Gasteiger partial charge >= 0.3 is 6.03 Å². The number of amides is 2. The van der Waals surface area contributed by atoms with Crippen molar-refractivity contribution in [2.45, 2.75) is 25.8 Å². The maximum absolute atomic E-state index is 13.5. The van der Waals surface area contributed by atoms with E-state index in [1.807, 2.05) is 4.90 Å². The Labute approximate surface area is 186 Å². The predicted molar refractivity (Wildman–Crippen MR) is 120 cm³/mol. The maximum Gasteiger partial charge on any atom is 0.314 e. The van der Waals surface area contributed by atoms with Crippen LogP contribution in [0.4, 0.5) is 19.3 Å². The SMILES string of the molecule is O=C(NCC1CCN(Cc2cccs2)CC1)NCC1CCN(c2ccc(F)c(F)c2)C1. The largest absolute Gasteiger partial charge is 0.371 e. The number of anilines is 1. The highest BCUT2D eigenvalue weighted by Gasteiger charge is 2.24. The number of nitrogens with one attached hydrogen (secondary N) is 2. The smallest absolute Gasteiger partial charge is 0.314 e. The van der Waals surface area contributed by atoms with Gasteiger partial charge in [0.15, 0.2) is 11.6 Å². The number of carbonyl (C=O) groups is 1. The molecule has 1 aromatic carbocycles. The first-order valence-corrected chi connectivity index (χ1v) is 11.9. The summed E-state index contributed by atoms with van der Waals surface area (Å²) in [5.41, 5.74) is 0.691. The van der Waals surface area contributed by atoms with Gasteiger partial charge in [0.05, 0.1) is 0 Å². The van der Waals surface area contributed by atoms with Crippen molar-refractivity contribution in [3.05, 3.63) is 52.2 Å². The fourth-order valence-electron chi connectivity index (χ4n) is 4.42. The lowest BCUT2D eigenvalue weighted by Gasteiger charge is -2.31. The first-order chi connectivity index (χ1) is 15.1. The first kappa shape index (κ1) is 22.0. The van der Waals surface area contributed by atoms with E-state index in [1.165, 1.54) is 10.9 Å². The van der Waals surface area contributed by atoms with Gasteiger partial charge in [-0.1, -0.05) is 6.07 Å². The van der Waals surface area contributed by atoms with Crippen molar-refractivity contribution in [1.29, 1.82) is 0 Å². The molecule has 1 unspecified atom stereocenters. The highest BCUT2D eigenvalue weighted by molar-refractivity contribution is 7.09. The lowest BCUT2D eigenvalue weighted by Crippen LogP contribution is -2.43. The summed E-state index contributed by atoms with van der Waals surface area (Å²) < 4.78 is 26.6. The van der Waals surface area contributed by atoms with Gasteiger partial charge in [0.1, 0.15) is 0 Å².